The molecule has 0 saturated carbocycles. The zero-order valence-electron chi connectivity index (χ0n) is 17.5. The summed E-state index contributed by atoms with van der Waals surface area (Å²) in [4.78, 5) is 36.4. The van der Waals surface area contributed by atoms with Gasteiger partial charge in [0.2, 0.25) is 11.8 Å². The highest BCUT2D eigenvalue weighted by molar-refractivity contribution is 6.00. The van der Waals surface area contributed by atoms with Crippen LogP contribution in [-0.4, -0.2) is 47.4 Å². The molecular formula is C23H25N3O5. The van der Waals surface area contributed by atoms with Crippen LogP contribution in [0, 0.1) is 24.2 Å². The predicted molar refractivity (Wildman–Crippen MR) is 115 cm³/mol. The van der Waals surface area contributed by atoms with Crippen LogP contribution in [0.25, 0.3) is 11.0 Å². The Morgan fingerprint density at radius 2 is 1.87 bits per heavy atom. The number of imide groups is 1. The van der Waals surface area contributed by atoms with Crippen molar-refractivity contribution in [3.8, 4) is 24.2 Å². The maximum atomic E-state index is 12.8. The molecule has 2 heterocycles. The van der Waals surface area contributed by atoms with Crippen LogP contribution < -0.4 is 11.0 Å². The van der Waals surface area contributed by atoms with Crippen LogP contribution in [0.3, 0.4) is 0 Å². The molecule has 0 spiro atoms. The van der Waals surface area contributed by atoms with Crippen LogP contribution in [0.1, 0.15) is 37.3 Å². The summed E-state index contributed by atoms with van der Waals surface area (Å²) in [5, 5.41) is 2.30. The van der Waals surface area contributed by atoms with Gasteiger partial charge in [0.1, 0.15) is 19.3 Å². The zero-order chi connectivity index (χ0) is 22.2. The lowest BCUT2D eigenvalue weighted by Gasteiger charge is -2.21. The maximum Gasteiger partial charge on any atom is 0.329 e. The third kappa shape index (κ3) is 5.43. The van der Waals surface area contributed by atoms with Crippen LogP contribution in [0.15, 0.2) is 23.0 Å². The van der Waals surface area contributed by atoms with Crippen molar-refractivity contribution in [1.82, 2.24) is 14.5 Å². The molecule has 8 nitrogen and oxygen atoms in total. The number of nitrogens with zero attached hydrogens (tertiary/aromatic N) is 2. The summed E-state index contributed by atoms with van der Waals surface area (Å²) in [5.74, 6) is 7.66. The molecule has 1 aromatic heterocycles. The van der Waals surface area contributed by atoms with Crippen LogP contribution >= 0.6 is 0 Å². The number of benzene rings is 1. The van der Waals surface area contributed by atoms with E-state index in [0.29, 0.717) is 43.9 Å². The Morgan fingerprint density at radius 3 is 2.58 bits per heavy atom. The summed E-state index contributed by atoms with van der Waals surface area (Å²) >= 11 is 0. The molecule has 0 radical (unpaired) electrons. The summed E-state index contributed by atoms with van der Waals surface area (Å²) in [6.07, 6.45) is 7.37. The molecule has 1 aliphatic rings. The number of fused-ring (bicyclic) bond motifs is 1. The molecule has 1 N–H and O–H groups in total. The summed E-state index contributed by atoms with van der Waals surface area (Å²) in [7, 11) is 1.65. The largest absolute Gasteiger partial charge is 0.369 e. The number of carbonyl (C=O) groups excluding carboxylic acids is 2. The normalized spacial score (nSPS) is 15.9. The van der Waals surface area contributed by atoms with E-state index in [9.17, 15) is 14.4 Å². The van der Waals surface area contributed by atoms with Gasteiger partial charge in [0.05, 0.1) is 11.0 Å². The number of hydrogen-bond donors (Lipinski definition) is 1. The molecule has 1 atom stereocenters. The molecule has 1 fully saturated rings. The van der Waals surface area contributed by atoms with Crippen molar-refractivity contribution >= 4 is 22.8 Å². The Morgan fingerprint density at radius 1 is 1.13 bits per heavy atom. The highest BCUT2D eigenvalue weighted by Gasteiger charge is 2.31. The van der Waals surface area contributed by atoms with E-state index in [1.807, 2.05) is 6.07 Å². The highest BCUT2D eigenvalue weighted by Crippen LogP contribution is 2.23. The first kappa shape index (κ1) is 22.4. The number of hydrogen-bond acceptors (Lipinski definition) is 5. The van der Waals surface area contributed by atoms with Crippen LogP contribution in [0.4, 0.5) is 0 Å². The van der Waals surface area contributed by atoms with Gasteiger partial charge >= 0.3 is 5.69 Å². The standard InChI is InChI=1S/C23H25N3O5/c1-3-12-30-13-4-5-14-31-15-6-7-17-8-9-18-20(16-17)25(2)23(29)26(18)19-10-11-21(27)24-22(19)28/h1,8-9,16,19H,4-5,10-15H2,2H3,(H,24,27,28). The van der Waals surface area contributed by atoms with Gasteiger partial charge in [-0.25, -0.2) is 4.79 Å². The minimum absolute atomic E-state index is 0.209. The first-order chi connectivity index (χ1) is 15.0. The van der Waals surface area contributed by atoms with Crippen molar-refractivity contribution in [2.45, 2.75) is 31.7 Å². The van der Waals surface area contributed by atoms with E-state index in [-0.39, 0.29) is 18.0 Å². The van der Waals surface area contributed by atoms with Crippen molar-refractivity contribution in [2.24, 2.45) is 7.05 Å². The van der Waals surface area contributed by atoms with Crippen molar-refractivity contribution in [3.63, 3.8) is 0 Å². The lowest BCUT2D eigenvalue weighted by molar-refractivity contribution is -0.135. The number of nitrogens with one attached hydrogen (secondary N) is 1. The molecule has 1 unspecified atom stereocenters. The van der Waals surface area contributed by atoms with E-state index in [1.54, 1.807) is 19.2 Å². The van der Waals surface area contributed by atoms with Crippen molar-refractivity contribution in [1.29, 1.82) is 0 Å². The smallest absolute Gasteiger partial charge is 0.329 e. The third-order valence-electron chi connectivity index (χ3n) is 5.03. The van der Waals surface area contributed by atoms with E-state index in [0.717, 1.165) is 18.4 Å². The summed E-state index contributed by atoms with van der Waals surface area (Å²) in [6.45, 7) is 1.85. The number of terminal acetylenes is 1. The minimum atomic E-state index is -0.698. The average Bonchev–Trinajstić information content (AvgIpc) is 3.00. The summed E-state index contributed by atoms with van der Waals surface area (Å²) in [5.41, 5.74) is 1.75. The predicted octanol–water partition coefficient (Wildman–Crippen LogP) is 1.12. The molecule has 1 aliphatic heterocycles. The van der Waals surface area contributed by atoms with Gasteiger partial charge in [-0.3, -0.25) is 24.0 Å². The molecule has 8 heteroatoms. The second kappa shape index (κ2) is 10.6. The lowest BCUT2D eigenvalue weighted by atomic mass is 10.1. The molecule has 2 aromatic rings. The number of carbonyl (C=O) groups is 2. The van der Waals surface area contributed by atoms with Gasteiger partial charge in [0, 0.05) is 32.2 Å². The van der Waals surface area contributed by atoms with Gasteiger partial charge in [0.15, 0.2) is 0 Å². The van der Waals surface area contributed by atoms with E-state index < -0.39 is 11.9 Å². The molecule has 31 heavy (non-hydrogen) atoms. The van der Waals surface area contributed by atoms with Crippen LogP contribution in [-0.2, 0) is 26.1 Å². The second-order valence-electron chi connectivity index (χ2n) is 7.20. The summed E-state index contributed by atoms with van der Waals surface area (Å²) < 4.78 is 13.6. The quantitative estimate of drug-likeness (QED) is 0.390. The van der Waals surface area contributed by atoms with Crippen molar-refractivity contribution < 1.29 is 19.1 Å². The van der Waals surface area contributed by atoms with Gasteiger partial charge in [-0.1, -0.05) is 17.8 Å². The Labute approximate surface area is 180 Å². The number of piperidine rings is 1. The van der Waals surface area contributed by atoms with Gasteiger partial charge in [-0.2, -0.15) is 0 Å². The number of rotatable bonds is 8. The van der Waals surface area contributed by atoms with Crippen molar-refractivity contribution in [2.75, 3.05) is 26.4 Å². The first-order valence-corrected chi connectivity index (χ1v) is 10.2. The number of aromatic nitrogens is 2. The summed E-state index contributed by atoms with van der Waals surface area (Å²) in [6, 6.07) is 4.70. The Hall–Kier alpha value is -3.33. The first-order valence-electron chi connectivity index (χ1n) is 10.2. The van der Waals surface area contributed by atoms with Crippen LogP contribution in [0.2, 0.25) is 0 Å². The van der Waals surface area contributed by atoms with E-state index in [2.05, 4.69) is 23.1 Å². The van der Waals surface area contributed by atoms with E-state index in [1.165, 1.54) is 9.13 Å². The van der Waals surface area contributed by atoms with Crippen LogP contribution in [0.5, 0.6) is 0 Å². The van der Waals surface area contributed by atoms with Crippen molar-refractivity contribution in [3.05, 3.63) is 34.2 Å². The number of aryl methyl sites for hydroxylation is 1. The third-order valence-corrected chi connectivity index (χ3v) is 5.03. The molecular weight excluding hydrogens is 398 g/mol. The molecule has 1 aromatic carbocycles. The zero-order valence-corrected chi connectivity index (χ0v) is 17.5. The molecule has 0 aliphatic carbocycles. The number of imidazole rings is 1. The lowest BCUT2D eigenvalue weighted by Crippen LogP contribution is -2.44. The van der Waals surface area contributed by atoms with Gasteiger partial charge in [-0.05, 0) is 37.5 Å². The Balaban J connectivity index is 1.63. The maximum absolute atomic E-state index is 12.8. The fraction of sp³-hybridized carbons (Fsp3) is 0.435. The molecule has 2 amide bonds. The topological polar surface area (TPSA) is 91.6 Å². The van der Waals surface area contributed by atoms with Gasteiger partial charge in [-0.15, -0.1) is 6.42 Å². The van der Waals surface area contributed by atoms with E-state index >= 15 is 0 Å². The number of amides is 2. The Bertz CT molecular complexity index is 1130. The molecule has 1 saturated heterocycles. The SMILES string of the molecule is C#CCOCCCCOCC#Cc1ccc2c(c1)n(C)c(=O)n2C1CCC(=O)NC1=O. The monoisotopic (exact) mass is 423 g/mol. The molecule has 162 valence electrons. The molecule has 3 rings (SSSR count). The fourth-order valence-corrected chi connectivity index (χ4v) is 3.47. The van der Waals surface area contributed by atoms with E-state index in [4.69, 9.17) is 15.9 Å². The minimum Gasteiger partial charge on any atom is -0.369 e. The number of ether oxygens (including phenoxy) is 2. The molecule has 0 bridgehead atoms. The highest BCUT2D eigenvalue weighted by atomic mass is 16.5. The Kier molecular flexibility index (Phi) is 7.66. The second-order valence-corrected chi connectivity index (χ2v) is 7.20. The van der Waals surface area contributed by atoms with Gasteiger partial charge < -0.3 is 9.47 Å². The van der Waals surface area contributed by atoms with Gasteiger partial charge in [0.25, 0.3) is 0 Å². The fourth-order valence-electron chi connectivity index (χ4n) is 3.47. The number of unbranched alkanes of at least 4 members (excludes halogenated alkanes) is 1. The average molecular weight is 423 g/mol.